The first kappa shape index (κ1) is 23.9. The van der Waals surface area contributed by atoms with Crippen LogP contribution in [0.4, 0.5) is 0 Å². The molecule has 0 unspecified atom stereocenters. The Morgan fingerprint density at radius 1 is 0.731 bits per heavy atom. The summed E-state index contributed by atoms with van der Waals surface area (Å²) in [6.45, 7) is 20.9. The predicted octanol–water partition coefficient (Wildman–Crippen LogP) is 5.50. The van der Waals surface area contributed by atoms with E-state index in [-0.39, 0.29) is 11.1 Å². The summed E-state index contributed by atoms with van der Waals surface area (Å²) in [6, 6.07) is 0. The molecule has 0 aromatic carbocycles. The van der Waals surface area contributed by atoms with Crippen LogP contribution in [0.25, 0.3) is 0 Å². The second-order valence-corrected chi connectivity index (χ2v) is 17.8. The number of rotatable bonds is 4. The Morgan fingerprint density at radius 2 is 1.12 bits per heavy atom. The van der Waals surface area contributed by atoms with Crippen molar-refractivity contribution in [2.45, 2.75) is 111 Å². The van der Waals surface area contributed by atoms with Crippen molar-refractivity contribution in [3.05, 3.63) is 0 Å². The topological polar surface area (TPSA) is 6.48 Å². The first-order valence-electron chi connectivity index (χ1n) is 10.6. The molecule has 1 aliphatic rings. The molecule has 2 nitrogen and oxygen atoms in total. The van der Waals surface area contributed by atoms with Crippen LogP contribution < -0.4 is 0 Å². The molecule has 0 bridgehead atoms. The predicted molar refractivity (Wildman–Crippen MR) is 118 cm³/mol. The van der Waals surface area contributed by atoms with E-state index >= 15 is 0 Å². The van der Waals surface area contributed by atoms with Gasteiger partial charge in [0.25, 0.3) is 0 Å². The summed E-state index contributed by atoms with van der Waals surface area (Å²) >= 11 is -3.34. The zero-order valence-corrected chi connectivity index (χ0v) is 21.6. The summed E-state index contributed by atoms with van der Waals surface area (Å²) in [4.78, 5) is 0. The third kappa shape index (κ3) is 6.47. The molecule has 0 radical (unpaired) electrons. The fraction of sp³-hybridized carbons (Fsp3) is 0.826. The molecular formula is C23H42N2Sn. The molecule has 1 saturated heterocycles. The number of unbranched alkanes of at least 4 members (excludes halogenated alkanes) is 4. The molecule has 1 aliphatic heterocycles. The monoisotopic (exact) mass is 466 g/mol. The second-order valence-electron chi connectivity index (χ2n) is 9.48. The number of nitrogens with zero attached hydrogens (tertiary/aromatic N) is 2. The van der Waals surface area contributed by atoms with Crippen LogP contribution in [0.1, 0.15) is 100 Å². The quantitative estimate of drug-likeness (QED) is 0.308. The fourth-order valence-electron chi connectivity index (χ4n) is 3.70. The summed E-state index contributed by atoms with van der Waals surface area (Å²) in [5.41, 5.74) is 0.248. The summed E-state index contributed by atoms with van der Waals surface area (Å²) < 4.78 is 13.3. The van der Waals surface area contributed by atoms with E-state index in [1.165, 1.54) is 32.1 Å². The van der Waals surface area contributed by atoms with Gasteiger partial charge in [-0.1, -0.05) is 0 Å². The van der Waals surface area contributed by atoms with E-state index in [9.17, 15) is 0 Å². The SMILES string of the molecule is CCCCC#[C][Sn]1([C]#CCCCC)[N](C(C)(C)C)CCC[N]1C(C)(C)C. The molecule has 148 valence electrons. The van der Waals surface area contributed by atoms with Crippen LogP contribution in [0.5, 0.6) is 0 Å². The zero-order valence-electron chi connectivity index (χ0n) is 18.8. The van der Waals surface area contributed by atoms with Crippen molar-refractivity contribution < 1.29 is 0 Å². The van der Waals surface area contributed by atoms with E-state index < -0.39 is 18.9 Å². The fourth-order valence-corrected chi connectivity index (χ4v) is 16.7. The van der Waals surface area contributed by atoms with Gasteiger partial charge in [-0.05, 0) is 0 Å². The Kier molecular flexibility index (Phi) is 9.55. The molecule has 0 aromatic heterocycles. The number of hydrogen-bond donors (Lipinski definition) is 0. The third-order valence-corrected chi connectivity index (χ3v) is 17.6. The van der Waals surface area contributed by atoms with Gasteiger partial charge in [0.05, 0.1) is 0 Å². The van der Waals surface area contributed by atoms with Crippen LogP contribution in [0, 0.1) is 19.7 Å². The summed E-state index contributed by atoms with van der Waals surface area (Å²) in [5, 5.41) is 0. The van der Waals surface area contributed by atoms with E-state index in [0.29, 0.717) is 0 Å². The van der Waals surface area contributed by atoms with Crippen molar-refractivity contribution >= 4 is 18.9 Å². The molecule has 0 aliphatic carbocycles. The van der Waals surface area contributed by atoms with Crippen LogP contribution in [-0.2, 0) is 0 Å². The van der Waals surface area contributed by atoms with E-state index in [4.69, 9.17) is 0 Å². The number of hydrogen-bond acceptors (Lipinski definition) is 2. The van der Waals surface area contributed by atoms with Crippen LogP contribution in [-0.4, -0.2) is 49.3 Å². The molecule has 0 atom stereocenters. The minimum absolute atomic E-state index is 0.124. The van der Waals surface area contributed by atoms with Crippen LogP contribution in [0.3, 0.4) is 0 Å². The Labute approximate surface area is 169 Å². The maximum absolute atomic E-state index is 3.90. The third-order valence-electron chi connectivity index (χ3n) is 5.00. The minimum atomic E-state index is -3.34. The summed E-state index contributed by atoms with van der Waals surface area (Å²) in [7, 11) is 0. The average Bonchev–Trinajstić information content (AvgIpc) is 2.54. The standard InChI is InChI=1S/C11H24N2.2C6H9.Sn/c1-10(2,3)12-8-7-9-13-11(4,5)6;2*1-3-5-6-4-2;/h7-9H2,1-6H3;2*3,5-6H2,1H3;/q-2;;;+2. The molecular weight excluding hydrogens is 423 g/mol. The van der Waals surface area contributed by atoms with Crippen molar-refractivity contribution in [1.82, 2.24) is 6.24 Å². The molecule has 26 heavy (non-hydrogen) atoms. The van der Waals surface area contributed by atoms with E-state index in [2.05, 4.69) is 81.3 Å². The molecule has 0 amide bonds. The second kappa shape index (κ2) is 10.4. The van der Waals surface area contributed by atoms with E-state index in [0.717, 1.165) is 25.9 Å². The molecule has 1 rings (SSSR count). The molecule has 1 fully saturated rings. The molecule has 1 heterocycles. The summed E-state index contributed by atoms with van der Waals surface area (Å²) in [6.07, 6.45) is 8.08. The van der Waals surface area contributed by atoms with Gasteiger partial charge in [-0.2, -0.15) is 0 Å². The van der Waals surface area contributed by atoms with E-state index in [1.807, 2.05) is 0 Å². The van der Waals surface area contributed by atoms with Gasteiger partial charge in [-0.15, -0.1) is 0 Å². The molecule has 0 spiro atoms. The van der Waals surface area contributed by atoms with Gasteiger partial charge >= 0.3 is 169 Å². The Morgan fingerprint density at radius 3 is 1.42 bits per heavy atom. The first-order chi connectivity index (χ1) is 12.1. The normalized spacial score (nSPS) is 18.6. The summed E-state index contributed by atoms with van der Waals surface area (Å²) in [5.74, 6) is 7.20. The Bertz CT molecular complexity index is 495. The van der Waals surface area contributed by atoms with E-state index in [1.54, 1.807) is 0 Å². The Hall–Kier alpha value is -0.161. The van der Waals surface area contributed by atoms with Gasteiger partial charge in [0.1, 0.15) is 0 Å². The van der Waals surface area contributed by atoms with Gasteiger partial charge in [0, 0.05) is 0 Å². The van der Waals surface area contributed by atoms with Crippen LogP contribution in [0.2, 0.25) is 0 Å². The van der Waals surface area contributed by atoms with Gasteiger partial charge in [0.15, 0.2) is 0 Å². The van der Waals surface area contributed by atoms with Gasteiger partial charge < -0.3 is 0 Å². The van der Waals surface area contributed by atoms with Crippen molar-refractivity contribution in [2.75, 3.05) is 13.1 Å². The van der Waals surface area contributed by atoms with Crippen molar-refractivity contribution in [3.63, 3.8) is 0 Å². The molecule has 3 heteroatoms. The zero-order chi connectivity index (χ0) is 19.8. The van der Waals surface area contributed by atoms with Crippen molar-refractivity contribution in [2.24, 2.45) is 0 Å². The first-order valence-corrected chi connectivity index (χ1v) is 16.1. The van der Waals surface area contributed by atoms with Gasteiger partial charge in [-0.3, -0.25) is 0 Å². The van der Waals surface area contributed by atoms with Gasteiger partial charge in [-0.25, -0.2) is 0 Å². The molecule has 0 aromatic rings. The van der Waals surface area contributed by atoms with Crippen LogP contribution in [0.15, 0.2) is 0 Å². The van der Waals surface area contributed by atoms with Crippen LogP contribution >= 0.6 is 0 Å². The van der Waals surface area contributed by atoms with Crippen molar-refractivity contribution in [3.8, 4) is 19.7 Å². The van der Waals surface area contributed by atoms with Gasteiger partial charge in [0.2, 0.25) is 0 Å². The Balaban J connectivity index is 3.46. The maximum atomic E-state index is 3.90. The molecule has 0 N–H and O–H groups in total. The van der Waals surface area contributed by atoms with Crippen molar-refractivity contribution in [1.29, 1.82) is 0 Å². The molecule has 0 saturated carbocycles. The average molecular weight is 465 g/mol.